The maximum atomic E-state index is 5.17. The Labute approximate surface area is 99.3 Å². The van der Waals surface area contributed by atoms with Crippen LogP contribution in [0, 0.1) is 5.41 Å². The van der Waals surface area contributed by atoms with Crippen molar-refractivity contribution in [2.45, 2.75) is 44.6 Å². The Bertz CT molecular complexity index is 198. The highest BCUT2D eigenvalue weighted by atomic mass is 16.5. The molecule has 2 rings (SSSR count). The summed E-state index contributed by atoms with van der Waals surface area (Å²) in [5.41, 5.74) is 0.588. The Morgan fingerprint density at radius 2 is 2.25 bits per heavy atom. The zero-order valence-electron chi connectivity index (χ0n) is 10.6. The third-order valence-electron chi connectivity index (χ3n) is 4.10. The molecule has 1 unspecified atom stereocenters. The number of rotatable bonds is 7. The molecule has 0 aromatic carbocycles. The van der Waals surface area contributed by atoms with Crippen molar-refractivity contribution < 1.29 is 4.74 Å². The van der Waals surface area contributed by atoms with E-state index in [1.807, 2.05) is 0 Å². The highest BCUT2D eigenvalue weighted by molar-refractivity contribution is 4.95. The Morgan fingerprint density at radius 3 is 2.88 bits per heavy atom. The summed E-state index contributed by atoms with van der Waals surface area (Å²) < 4.78 is 5.17. The smallest absolute Gasteiger partial charge is 0.0468 e. The molecule has 0 spiro atoms. The summed E-state index contributed by atoms with van der Waals surface area (Å²) in [7, 11) is 1.80. The topological polar surface area (TPSA) is 33.3 Å². The van der Waals surface area contributed by atoms with Gasteiger partial charge in [-0.25, -0.2) is 0 Å². The van der Waals surface area contributed by atoms with Crippen LogP contribution in [0.2, 0.25) is 0 Å². The number of methoxy groups -OCH3 is 1. The number of hydrogen-bond donors (Lipinski definition) is 2. The van der Waals surface area contributed by atoms with Gasteiger partial charge < -0.3 is 15.4 Å². The molecule has 94 valence electrons. The van der Waals surface area contributed by atoms with Crippen molar-refractivity contribution in [1.82, 2.24) is 10.6 Å². The van der Waals surface area contributed by atoms with E-state index in [2.05, 4.69) is 10.6 Å². The second-order valence-electron chi connectivity index (χ2n) is 5.52. The molecule has 2 aliphatic rings. The molecule has 0 aromatic heterocycles. The average Bonchev–Trinajstić information content (AvgIpc) is 3.09. The van der Waals surface area contributed by atoms with Gasteiger partial charge in [0.1, 0.15) is 0 Å². The molecule has 1 atom stereocenters. The minimum Gasteiger partial charge on any atom is -0.385 e. The number of hydrogen-bond acceptors (Lipinski definition) is 3. The molecule has 0 aromatic rings. The van der Waals surface area contributed by atoms with Crippen molar-refractivity contribution in [2.24, 2.45) is 5.41 Å². The maximum Gasteiger partial charge on any atom is 0.0468 e. The molecule has 3 nitrogen and oxygen atoms in total. The van der Waals surface area contributed by atoms with E-state index in [0.717, 1.165) is 13.2 Å². The molecular weight excluding hydrogens is 200 g/mol. The molecule has 3 heteroatoms. The maximum absolute atomic E-state index is 5.17. The van der Waals surface area contributed by atoms with E-state index in [9.17, 15) is 0 Å². The molecule has 0 radical (unpaired) electrons. The van der Waals surface area contributed by atoms with Gasteiger partial charge in [0, 0.05) is 32.8 Å². The van der Waals surface area contributed by atoms with Gasteiger partial charge >= 0.3 is 0 Å². The second-order valence-corrected chi connectivity index (χ2v) is 5.52. The van der Waals surface area contributed by atoms with E-state index in [-0.39, 0.29) is 0 Å². The van der Waals surface area contributed by atoms with Crippen LogP contribution >= 0.6 is 0 Å². The van der Waals surface area contributed by atoms with E-state index in [1.54, 1.807) is 7.11 Å². The van der Waals surface area contributed by atoms with Gasteiger partial charge in [0.2, 0.25) is 0 Å². The highest BCUT2D eigenvalue weighted by Crippen LogP contribution is 2.48. The van der Waals surface area contributed by atoms with Crippen molar-refractivity contribution in [1.29, 1.82) is 0 Å². The van der Waals surface area contributed by atoms with Crippen LogP contribution in [-0.2, 0) is 4.74 Å². The first-order chi connectivity index (χ1) is 7.85. The fourth-order valence-electron chi connectivity index (χ4n) is 2.62. The summed E-state index contributed by atoms with van der Waals surface area (Å²) in [6.07, 6.45) is 8.11. The van der Waals surface area contributed by atoms with E-state index >= 15 is 0 Å². The average molecular weight is 226 g/mol. The van der Waals surface area contributed by atoms with Crippen LogP contribution in [0.1, 0.15) is 38.5 Å². The van der Waals surface area contributed by atoms with Crippen molar-refractivity contribution in [3.05, 3.63) is 0 Å². The third kappa shape index (κ3) is 3.72. The fraction of sp³-hybridized carbons (Fsp3) is 1.00. The first-order valence-corrected chi connectivity index (χ1v) is 6.78. The van der Waals surface area contributed by atoms with Gasteiger partial charge in [0.25, 0.3) is 0 Å². The zero-order chi connectivity index (χ0) is 11.3. The van der Waals surface area contributed by atoms with Gasteiger partial charge in [-0.3, -0.25) is 0 Å². The van der Waals surface area contributed by atoms with Crippen LogP contribution in [0.3, 0.4) is 0 Å². The van der Waals surface area contributed by atoms with Gasteiger partial charge in [0.05, 0.1) is 0 Å². The Morgan fingerprint density at radius 1 is 1.38 bits per heavy atom. The predicted molar refractivity (Wildman–Crippen MR) is 66.7 cm³/mol. The van der Waals surface area contributed by atoms with Crippen molar-refractivity contribution in [3.8, 4) is 0 Å². The molecule has 1 saturated heterocycles. The van der Waals surface area contributed by atoms with Gasteiger partial charge in [-0.2, -0.15) is 0 Å². The Kier molecular flexibility index (Phi) is 4.62. The molecule has 1 aliphatic carbocycles. The van der Waals surface area contributed by atoms with Gasteiger partial charge in [-0.15, -0.1) is 0 Å². The molecule has 1 heterocycles. The van der Waals surface area contributed by atoms with E-state index in [0.29, 0.717) is 11.5 Å². The van der Waals surface area contributed by atoms with Crippen LogP contribution in [0.4, 0.5) is 0 Å². The Hall–Kier alpha value is -0.120. The summed E-state index contributed by atoms with van der Waals surface area (Å²) in [4.78, 5) is 0. The van der Waals surface area contributed by atoms with Crippen molar-refractivity contribution in [2.75, 3.05) is 33.4 Å². The SMILES string of the molecule is COCCC1(CNCC2CCCCN2)CC1. The van der Waals surface area contributed by atoms with Crippen molar-refractivity contribution in [3.63, 3.8) is 0 Å². The zero-order valence-corrected chi connectivity index (χ0v) is 10.6. The summed E-state index contributed by atoms with van der Waals surface area (Å²) in [6, 6.07) is 0.715. The lowest BCUT2D eigenvalue weighted by molar-refractivity contribution is 0.171. The number of piperidine rings is 1. The van der Waals surface area contributed by atoms with Crippen molar-refractivity contribution >= 4 is 0 Å². The monoisotopic (exact) mass is 226 g/mol. The summed E-state index contributed by atoms with van der Waals surface area (Å²) >= 11 is 0. The lowest BCUT2D eigenvalue weighted by Gasteiger charge is -2.25. The first-order valence-electron chi connectivity index (χ1n) is 6.78. The molecule has 2 fully saturated rings. The third-order valence-corrected chi connectivity index (χ3v) is 4.10. The van der Waals surface area contributed by atoms with Crippen LogP contribution in [0.5, 0.6) is 0 Å². The summed E-state index contributed by atoms with van der Waals surface area (Å²) in [5.74, 6) is 0. The summed E-state index contributed by atoms with van der Waals surface area (Å²) in [5, 5.41) is 7.23. The van der Waals surface area contributed by atoms with Crippen LogP contribution in [-0.4, -0.2) is 39.4 Å². The largest absolute Gasteiger partial charge is 0.385 e. The highest BCUT2D eigenvalue weighted by Gasteiger charge is 2.41. The van der Waals surface area contributed by atoms with Crippen LogP contribution < -0.4 is 10.6 Å². The fourth-order valence-corrected chi connectivity index (χ4v) is 2.62. The first kappa shape index (κ1) is 12.3. The number of ether oxygens (including phenoxy) is 1. The molecule has 0 amide bonds. The lowest BCUT2D eigenvalue weighted by atomic mass is 10.0. The quantitative estimate of drug-likeness (QED) is 0.691. The van der Waals surface area contributed by atoms with E-state index < -0.39 is 0 Å². The molecular formula is C13H26N2O. The molecule has 1 saturated carbocycles. The van der Waals surface area contributed by atoms with Crippen LogP contribution in [0.15, 0.2) is 0 Å². The van der Waals surface area contributed by atoms with E-state index in [1.165, 1.54) is 51.6 Å². The molecule has 1 aliphatic heterocycles. The predicted octanol–water partition coefficient (Wildman–Crippen LogP) is 1.53. The van der Waals surface area contributed by atoms with Crippen LogP contribution in [0.25, 0.3) is 0 Å². The van der Waals surface area contributed by atoms with E-state index in [4.69, 9.17) is 4.74 Å². The minimum absolute atomic E-state index is 0.588. The second kappa shape index (κ2) is 5.99. The molecule has 2 N–H and O–H groups in total. The normalized spacial score (nSPS) is 27.9. The molecule has 0 bridgehead atoms. The Balaban J connectivity index is 1.56. The van der Waals surface area contributed by atoms with Gasteiger partial charge in [-0.1, -0.05) is 6.42 Å². The summed E-state index contributed by atoms with van der Waals surface area (Å²) in [6.45, 7) is 4.47. The van der Waals surface area contributed by atoms with Gasteiger partial charge in [-0.05, 0) is 44.1 Å². The molecule has 16 heavy (non-hydrogen) atoms. The number of nitrogens with one attached hydrogen (secondary N) is 2. The lowest BCUT2D eigenvalue weighted by Crippen LogP contribution is -2.43. The minimum atomic E-state index is 0.588. The van der Waals surface area contributed by atoms with Gasteiger partial charge in [0.15, 0.2) is 0 Å². The standard InChI is InChI=1S/C13H26N2O/c1-16-9-7-13(5-6-13)11-14-10-12-4-2-3-8-15-12/h12,14-15H,2-11H2,1H3.